The lowest BCUT2D eigenvalue weighted by Gasteiger charge is -2.18. The summed E-state index contributed by atoms with van der Waals surface area (Å²) in [4.78, 5) is 37.1. The average molecular weight is 472 g/mol. The molecule has 0 spiro atoms. The zero-order valence-corrected chi connectivity index (χ0v) is 20.8. The smallest absolute Gasteiger partial charge is 0.306 e. The average Bonchev–Trinajstić information content (AvgIpc) is 2.81. The SMILES string of the molecule is COc1cc(CCC(=O)OC(C)C(=O)c2ccc(NC(=O)C(C)(C)C)cc2)cc(OC)c1OC. The Balaban J connectivity index is 1.95. The van der Waals surface area contributed by atoms with Gasteiger partial charge in [0.15, 0.2) is 17.6 Å². The summed E-state index contributed by atoms with van der Waals surface area (Å²) < 4.78 is 21.3. The van der Waals surface area contributed by atoms with E-state index in [1.165, 1.54) is 28.3 Å². The van der Waals surface area contributed by atoms with Crippen molar-refractivity contribution in [3.63, 3.8) is 0 Å². The second-order valence-corrected chi connectivity index (χ2v) is 8.81. The number of methoxy groups -OCH3 is 3. The van der Waals surface area contributed by atoms with Gasteiger partial charge in [-0.05, 0) is 55.3 Å². The van der Waals surface area contributed by atoms with Crippen LogP contribution >= 0.6 is 0 Å². The van der Waals surface area contributed by atoms with Gasteiger partial charge in [0.05, 0.1) is 21.3 Å². The second kappa shape index (κ2) is 11.5. The van der Waals surface area contributed by atoms with Gasteiger partial charge in [-0.3, -0.25) is 14.4 Å². The fraction of sp³-hybridized carbons (Fsp3) is 0.423. The van der Waals surface area contributed by atoms with Crippen LogP contribution in [0, 0.1) is 5.41 Å². The number of hydrogen-bond acceptors (Lipinski definition) is 7. The number of amides is 1. The van der Waals surface area contributed by atoms with Gasteiger partial charge in [0.2, 0.25) is 17.4 Å². The molecule has 184 valence electrons. The molecule has 0 aromatic heterocycles. The lowest BCUT2D eigenvalue weighted by Crippen LogP contribution is -2.27. The van der Waals surface area contributed by atoms with Crippen LogP contribution in [0.5, 0.6) is 17.2 Å². The molecule has 0 radical (unpaired) electrons. The number of benzene rings is 2. The van der Waals surface area contributed by atoms with Crippen molar-refractivity contribution in [1.82, 2.24) is 0 Å². The van der Waals surface area contributed by atoms with E-state index in [0.717, 1.165) is 5.56 Å². The van der Waals surface area contributed by atoms with Crippen molar-refractivity contribution < 1.29 is 33.3 Å². The minimum absolute atomic E-state index is 0.0774. The highest BCUT2D eigenvalue weighted by atomic mass is 16.5. The number of carbonyl (C=O) groups is 3. The van der Waals surface area contributed by atoms with E-state index in [1.54, 1.807) is 36.4 Å². The van der Waals surface area contributed by atoms with Crippen LogP contribution in [-0.4, -0.2) is 45.1 Å². The van der Waals surface area contributed by atoms with E-state index in [-0.39, 0.29) is 18.1 Å². The highest BCUT2D eigenvalue weighted by Gasteiger charge is 2.22. The van der Waals surface area contributed by atoms with Gasteiger partial charge >= 0.3 is 5.97 Å². The summed E-state index contributed by atoms with van der Waals surface area (Å²) in [6.07, 6.45) is -0.491. The molecule has 0 fully saturated rings. The minimum Gasteiger partial charge on any atom is -0.493 e. The van der Waals surface area contributed by atoms with Gasteiger partial charge in [0.1, 0.15) is 0 Å². The first-order chi connectivity index (χ1) is 16.0. The first kappa shape index (κ1) is 26.7. The van der Waals surface area contributed by atoms with Crippen LogP contribution in [0.1, 0.15) is 50.0 Å². The molecular formula is C26H33NO7. The largest absolute Gasteiger partial charge is 0.493 e. The van der Waals surface area contributed by atoms with Crippen LogP contribution in [-0.2, 0) is 20.7 Å². The third kappa shape index (κ3) is 6.97. The number of aryl methyl sites for hydroxylation is 1. The molecule has 1 N–H and O–H groups in total. The Kier molecular flexibility index (Phi) is 9.06. The van der Waals surface area contributed by atoms with Gasteiger partial charge < -0.3 is 24.3 Å². The highest BCUT2D eigenvalue weighted by molar-refractivity contribution is 6.01. The molecule has 2 rings (SSSR count). The number of nitrogens with one attached hydrogen (secondary N) is 1. The van der Waals surface area contributed by atoms with Gasteiger partial charge in [-0.1, -0.05) is 20.8 Å². The molecule has 1 atom stereocenters. The van der Waals surface area contributed by atoms with Crippen molar-refractivity contribution in [3.8, 4) is 17.2 Å². The zero-order valence-electron chi connectivity index (χ0n) is 20.8. The van der Waals surface area contributed by atoms with Crippen molar-refractivity contribution in [3.05, 3.63) is 47.5 Å². The van der Waals surface area contributed by atoms with E-state index in [2.05, 4.69) is 5.32 Å². The normalized spacial score (nSPS) is 11.9. The fourth-order valence-electron chi connectivity index (χ4n) is 3.11. The number of ether oxygens (including phenoxy) is 4. The number of esters is 1. The first-order valence-corrected chi connectivity index (χ1v) is 10.9. The summed E-state index contributed by atoms with van der Waals surface area (Å²) >= 11 is 0. The maximum Gasteiger partial charge on any atom is 0.306 e. The predicted octanol–water partition coefficient (Wildman–Crippen LogP) is 4.44. The number of hydrogen-bond donors (Lipinski definition) is 1. The summed E-state index contributed by atoms with van der Waals surface area (Å²) in [6.45, 7) is 6.99. The van der Waals surface area contributed by atoms with Crippen molar-refractivity contribution in [2.24, 2.45) is 5.41 Å². The summed E-state index contributed by atoms with van der Waals surface area (Å²) in [5.41, 5.74) is 1.25. The number of rotatable bonds is 10. The minimum atomic E-state index is -0.942. The first-order valence-electron chi connectivity index (χ1n) is 10.9. The quantitative estimate of drug-likeness (QED) is 0.404. The monoisotopic (exact) mass is 471 g/mol. The molecule has 0 saturated heterocycles. The molecule has 8 nitrogen and oxygen atoms in total. The number of Topliss-reactive ketones (excluding diaryl/α,β-unsaturated/α-hetero) is 1. The van der Waals surface area contributed by atoms with Crippen LogP contribution in [0.3, 0.4) is 0 Å². The molecule has 34 heavy (non-hydrogen) atoms. The van der Waals surface area contributed by atoms with Crippen LogP contribution in [0.2, 0.25) is 0 Å². The Bertz CT molecular complexity index is 997. The zero-order chi connectivity index (χ0) is 25.5. The van der Waals surface area contributed by atoms with Crippen molar-refractivity contribution in [2.45, 2.75) is 46.6 Å². The van der Waals surface area contributed by atoms with Crippen molar-refractivity contribution in [2.75, 3.05) is 26.6 Å². The lowest BCUT2D eigenvalue weighted by molar-refractivity contribution is -0.146. The lowest BCUT2D eigenvalue weighted by atomic mass is 9.95. The van der Waals surface area contributed by atoms with Gasteiger partial charge in [0.25, 0.3) is 0 Å². The maximum atomic E-state index is 12.7. The molecule has 0 heterocycles. The van der Waals surface area contributed by atoms with Gasteiger partial charge in [-0.2, -0.15) is 0 Å². The Hall–Kier alpha value is -3.55. The summed E-state index contributed by atoms with van der Waals surface area (Å²) in [7, 11) is 4.56. The third-order valence-corrected chi connectivity index (χ3v) is 5.13. The van der Waals surface area contributed by atoms with Gasteiger partial charge in [-0.25, -0.2) is 0 Å². The topological polar surface area (TPSA) is 100 Å². The van der Waals surface area contributed by atoms with Gasteiger partial charge in [0, 0.05) is 23.1 Å². The van der Waals surface area contributed by atoms with E-state index >= 15 is 0 Å². The number of ketones is 1. The molecule has 0 aliphatic carbocycles. The van der Waals surface area contributed by atoms with E-state index in [0.29, 0.717) is 34.9 Å². The fourth-order valence-corrected chi connectivity index (χ4v) is 3.11. The summed E-state index contributed by atoms with van der Waals surface area (Å²) in [5.74, 6) is 0.519. The van der Waals surface area contributed by atoms with Crippen molar-refractivity contribution in [1.29, 1.82) is 0 Å². The molecule has 2 aromatic carbocycles. The Morgan fingerprint density at radius 1 is 0.912 bits per heavy atom. The van der Waals surface area contributed by atoms with Crippen LogP contribution < -0.4 is 19.5 Å². The van der Waals surface area contributed by atoms with E-state index in [4.69, 9.17) is 18.9 Å². The molecule has 0 aliphatic heterocycles. The second-order valence-electron chi connectivity index (χ2n) is 8.81. The third-order valence-electron chi connectivity index (χ3n) is 5.13. The van der Waals surface area contributed by atoms with Crippen LogP contribution in [0.15, 0.2) is 36.4 Å². The summed E-state index contributed by atoms with van der Waals surface area (Å²) in [5, 5.41) is 2.80. The predicted molar refractivity (Wildman–Crippen MR) is 129 cm³/mol. The maximum absolute atomic E-state index is 12.7. The molecule has 1 amide bonds. The molecule has 2 aromatic rings. The van der Waals surface area contributed by atoms with Crippen molar-refractivity contribution >= 4 is 23.3 Å². The molecule has 1 unspecified atom stereocenters. The number of carbonyl (C=O) groups excluding carboxylic acids is 3. The molecule has 8 heteroatoms. The van der Waals surface area contributed by atoms with E-state index in [1.807, 2.05) is 20.8 Å². The Labute approximate surface area is 200 Å². The Morgan fingerprint density at radius 3 is 1.94 bits per heavy atom. The Morgan fingerprint density at radius 2 is 1.47 bits per heavy atom. The highest BCUT2D eigenvalue weighted by Crippen LogP contribution is 2.38. The molecule has 0 bridgehead atoms. The van der Waals surface area contributed by atoms with Crippen LogP contribution in [0.4, 0.5) is 5.69 Å². The van der Waals surface area contributed by atoms with E-state index in [9.17, 15) is 14.4 Å². The van der Waals surface area contributed by atoms with E-state index < -0.39 is 17.5 Å². The number of anilines is 1. The van der Waals surface area contributed by atoms with Crippen LogP contribution in [0.25, 0.3) is 0 Å². The summed E-state index contributed by atoms with van der Waals surface area (Å²) in [6, 6.07) is 10.0. The molecule has 0 aliphatic rings. The molecule has 0 saturated carbocycles. The standard InChI is InChI=1S/C26H33NO7/c1-16(23(29)18-9-11-19(12-10-18)27-25(30)26(2,3)4)34-22(28)13-8-17-14-20(31-5)24(33-7)21(15-17)32-6/h9-12,14-16H,8,13H2,1-7H3,(H,27,30). The van der Waals surface area contributed by atoms with Gasteiger partial charge in [-0.15, -0.1) is 0 Å². The molecular weight excluding hydrogens is 438 g/mol.